The van der Waals surface area contributed by atoms with Crippen molar-refractivity contribution >= 4 is 39.3 Å². The lowest BCUT2D eigenvalue weighted by Crippen LogP contribution is -2.51. The van der Waals surface area contributed by atoms with Crippen LogP contribution in [-0.4, -0.2) is 34.7 Å². The molecule has 0 spiro atoms. The second-order valence-electron chi connectivity index (χ2n) is 7.25. The maximum atomic E-state index is 13.2. The maximum Gasteiger partial charge on any atom is 0.290 e. The molecule has 1 atom stereocenters. The molecular weight excluding hydrogens is 424 g/mol. The van der Waals surface area contributed by atoms with Crippen LogP contribution >= 0.6 is 15.9 Å². The van der Waals surface area contributed by atoms with E-state index in [1.54, 1.807) is 41.3 Å². The smallest absolute Gasteiger partial charge is 0.290 e. The van der Waals surface area contributed by atoms with Gasteiger partial charge in [-0.3, -0.25) is 14.4 Å². The van der Waals surface area contributed by atoms with Crippen LogP contribution in [0.1, 0.15) is 49.1 Å². The standard InChI is InChI=1S/C21H21BrN2O4/c22-14-8-10-16(11-9-14)24-19(25)13-17(20(24)26)23(15-5-2-1-3-6-15)21(27)18-7-4-12-28-18/h4,7-12,15,17H,1-3,5-6,13H2. The molecule has 1 aliphatic heterocycles. The van der Waals surface area contributed by atoms with Crippen molar-refractivity contribution in [2.45, 2.75) is 50.6 Å². The molecule has 1 aromatic heterocycles. The van der Waals surface area contributed by atoms with Gasteiger partial charge in [0.05, 0.1) is 18.4 Å². The molecule has 2 aromatic rings. The van der Waals surface area contributed by atoms with E-state index in [0.29, 0.717) is 5.69 Å². The molecule has 2 aliphatic rings. The molecule has 146 valence electrons. The molecule has 1 unspecified atom stereocenters. The topological polar surface area (TPSA) is 70.8 Å². The fourth-order valence-corrected chi connectivity index (χ4v) is 4.41. The maximum absolute atomic E-state index is 13.2. The monoisotopic (exact) mass is 444 g/mol. The first kappa shape index (κ1) is 18.9. The summed E-state index contributed by atoms with van der Waals surface area (Å²) in [5.74, 6) is -0.753. The van der Waals surface area contributed by atoms with Crippen molar-refractivity contribution in [2.24, 2.45) is 0 Å². The number of hydrogen-bond acceptors (Lipinski definition) is 4. The number of hydrogen-bond donors (Lipinski definition) is 0. The fraction of sp³-hybridized carbons (Fsp3) is 0.381. The third-order valence-corrected chi connectivity index (χ3v) is 6.01. The highest BCUT2D eigenvalue weighted by Crippen LogP contribution is 2.32. The van der Waals surface area contributed by atoms with Crippen LogP contribution in [0.4, 0.5) is 5.69 Å². The number of halogens is 1. The summed E-state index contributed by atoms with van der Waals surface area (Å²) >= 11 is 3.36. The minimum Gasteiger partial charge on any atom is -0.459 e. The Morgan fingerprint density at radius 1 is 1.07 bits per heavy atom. The first-order chi connectivity index (χ1) is 13.6. The van der Waals surface area contributed by atoms with Crippen molar-refractivity contribution < 1.29 is 18.8 Å². The number of amides is 3. The predicted octanol–water partition coefficient (Wildman–Crippen LogP) is 4.15. The van der Waals surface area contributed by atoms with Crippen molar-refractivity contribution in [1.82, 2.24) is 4.90 Å². The van der Waals surface area contributed by atoms with E-state index < -0.39 is 6.04 Å². The summed E-state index contributed by atoms with van der Waals surface area (Å²) in [4.78, 5) is 41.9. The van der Waals surface area contributed by atoms with Crippen LogP contribution in [0.5, 0.6) is 0 Å². The molecule has 2 fully saturated rings. The molecule has 0 radical (unpaired) electrons. The zero-order chi connectivity index (χ0) is 19.7. The molecule has 1 aromatic carbocycles. The minimum absolute atomic E-state index is 0.00214. The number of anilines is 1. The Labute approximate surface area is 171 Å². The summed E-state index contributed by atoms with van der Waals surface area (Å²) in [5.41, 5.74) is 0.523. The summed E-state index contributed by atoms with van der Waals surface area (Å²) in [6.07, 6.45) is 6.27. The van der Waals surface area contributed by atoms with Crippen LogP contribution in [-0.2, 0) is 9.59 Å². The first-order valence-corrected chi connectivity index (χ1v) is 10.3. The van der Waals surface area contributed by atoms with E-state index in [1.165, 1.54) is 11.2 Å². The zero-order valence-electron chi connectivity index (χ0n) is 15.3. The van der Waals surface area contributed by atoms with Crippen molar-refractivity contribution in [2.75, 3.05) is 4.90 Å². The van der Waals surface area contributed by atoms with Gasteiger partial charge in [0.1, 0.15) is 6.04 Å². The van der Waals surface area contributed by atoms with Gasteiger partial charge in [0, 0.05) is 10.5 Å². The average molecular weight is 445 g/mol. The highest BCUT2D eigenvalue weighted by Gasteiger charge is 2.47. The average Bonchev–Trinajstić information content (AvgIpc) is 3.33. The van der Waals surface area contributed by atoms with Crippen LogP contribution in [0.15, 0.2) is 51.6 Å². The number of rotatable bonds is 4. The molecule has 1 saturated carbocycles. The minimum atomic E-state index is -0.795. The van der Waals surface area contributed by atoms with E-state index in [1.807, 2.05) is 0 Å². The van der Waals surface area contributed by atoms with Gasteiger partial charge in [-0.15, -0.1) is 0 Å². The molecule has 28 heavy (non-hydrogen) atoms. The van der Waals surface area contributed by atoms with Gasteiger partial charge in [0.25, 0.3) is 11.8 Å². The zero-order valence-corrected chi connectivity index (χ0v) is 16.9. The number of carbonyl (C=O) groups is 3. The molecule has 6 nitrogen and oxygen atoms in total. The fourth-order valence-electron chi connectivity index (χ4n) is 4.14. The largest absolute Gasteiger partial charge is 0.459 e. The molecule has 0 N–H and O–H groups in total. The number of benzene rings is 1. The Bertz CT molecular complexity index is 872. The lowest BCUT2D eigenvalue weighted by Gasteiger charge is -2.36. The number of imide groups is 1. The van der Waals surface area contributed by atoms with E-state index in [4.69, 9.17) is 4.42 Å². The molecule has 2 heterocycles. The Balaban J connectivity index is 1.66. The van der Waals surface area contributed by atoms with E-state index in [2.05, 4.69) is 15.9 Å². The van der Waals surface area contributed by atoms with E-state index >= 15 is 0 Å². The van der Waals surface area contributed by atoms with Crippen LogP contribution in [0.3, 0.4) is 0 Å². The van der Waals surface area contributed by atoms with Crippen molar-refractivity contribution in [3.05, 3.63) is 52.9 Å². The SMILES string of the molecule is O=C1CC(N(C(=O)c2ccco2)C2CCCCC2)C(=O)N1c1ccc(Br)cc1. The van der Waals surface area contributed by atoms with Crippen molar-refractivity contribution in [1.29, 1.82) is 0 Å². The summed E-state index contributed by atoms with van der Waals surface area (Å²) in [7, 11) is 0. The van der Waals surface area contributed by atoms with Gasteiger partial charge in [-0.1, -0.05) is 35.2 Å². The lowest BCUT2D eigenvalue weighted by atomic mass is 9.92. The molecule has 1 aliphatic carbocycles. The summed E-state index contributed by atoms with van der Waals surface area (Å²) in [5, 5.41) is 0. The van der Waals surface area contributed by atoms with Crippen LogP contribution < -0.4 is 4.90 Å². The van der Waals surface area contributed by atoms with Gasteiger partial charge in [-0.25, -0.2) is 4.90 Å². The lowest BCUT2D eigenvalue weighted by molar-refractivity contribution is -0.123. The molecule has 0 bridgehead atoms. The van der Waals surface area contributed by atoms with E-state index in [0.717, 1.165) is 36.6 Å². The second kappa shape index (κ2) is 7.91. The van der Waals surface area contributed by atoms with Crippen molar-refractivity contribution in [3.63, 3.8) is 0 Å². The number of carbonyl (C=O) groups excluding carboxylic acids is 3. The molecule has 1 saturated heterocycles. The van der Waals surface area contributed by atoms with Crippen molar-refractivity contribution in [3.8, 4) is 0 Å². The van der Waals surface area contributed by atoms with Gasteiger partial charge < -0.3 is 9.32 Å². The Kier molecular flexibility index (Phi) is 5.35. The predicted molar refractivity (Wildman–Crippen MR) is 107 cm³/mol. The molecule has 3 amide bonds. The Morgan fingerprint density at radius 2 is 1.79 bits per heavy atom. The summed E-state index contributed by atoms with van der Waals surface area (Å²) < 4.78 is 6.17. The third-order valence-electron chi connectivity index (χ3n) is 5.48. The van der Waals surface area contributed by atoms with Gasteiger partial charge in [-0.2, -0.15) is 0 Å². The Morgan fingerprint density at radius 3 is 2.43 bits per heavy atom. The number of furan rings is 1. The molecule has 4 rings (SSSR count). The first-order valence-electron chi connectivity index (χ1n) is 9.55. The normalized spacial score (nSPS) is 20.6. The van der Waals surface area contributed by atoms with Crippen LogP contribution in [0.2, 0.25) is 0 Å². The second-order valence-corrected chi connectivity index (χ2v) is 8.16. The Hall–Kier alpha value is -2.41. The highest BCUT2D eigenvalue weighted by molar-refractivity contribution is 9.10. The number of nitrogens with zero attached hydrogens (tertiary/aromatic N) is 2. The van der Waals surface area contributed by atoms with Gasteiger partial charge >= 0.3 is 0 Å². The summed E-state index contributed by atoms with van der Waals surface area (Å²) in [6.45, 7) is 0. The van der Waals surface area contributed by atoms with E-state index in [9.17, 15) is 14.4 Å². The van der Waals surface area contributed by atoms with Gasteiger partial charge in [-0.05, 0) is 49.2 Å². The van der Waals surface area contributed by atoms with Gasteiger partial charge in [0.15, 0.2) is 5.76 Å². The quantitative estimate of drug-likeness (QED) is 0.664. The van der Waals surface area contributed by atoms with E-state index in [-0.39, 0.29) is 35.9 Å². The molecule has 7 heteroatoms. The summed E-state index contributed by atoms with van der Waals surface area (Å²) in [6, 6.07) is 9.43. The van der Waals surface area contributed by atoms with Crippen LogP contribution in [0.25, 0.3) is 0 Å². The van der Waals surface area contributed by atoms with Gasteiger partial charge in [0.2, 0.25) is 5.91 Å². The third kappa shape index (κ3) is 3.51. The van der Waals surface area contributed by atoms with Crippen LogP contribution in [0, 0.1) is 0 Å². The highest BCUT2D eigenvalue weighted by atomic mass is 79.9. The molecular formula is C21H21BrN2O4.